The third-order valence-corrected chi connectivity index (χ3v) is 2.91. The number of hydrogen-bond donors (Lipinski definition) is 1. The lowest BCUT2D eigenvalue weighted by Crippen LogP contribution is -2.09. The summed E-state index contributed by atoms with van der Waals surface area (Å²) in [6.07, 6.45) is 4.35. The van der Waals surface area contributed by atoms with Gasteiger partial charge in [0.15, 0.2) is 0 Å². The number of benzene rings is 1. The topological polar surface area (TPSA) is 39.1 Å². The number of hydrogen-bond acceptors (Lipinski definition) is 3. The summed E-state index contributed by atoms with van der Waals surface area (Å²) in [5.74, 6) is -0.257. The molecular weight excluding hydrogens is 264 g/mol. The second-order valence-electron chi connectivity index (χ2n) is 4.38. The summed E-state index contributed by atoms with van der Waals surface area (Å²) in [5, 5.41) is 3.01. The van der Waals surface area contributed by atoms with Crippen LogP contribution in [0, 0.1) is 11.6 Å². The number of halogens is 2. The van der Waals surface area contributed by atoms with Crippen LogP contribution >= 0.6 is 0 Å². The highest BCUT2D eigenvalue weighted by Gasteiger charge is 2.06. The third kappa shape index (κ3) is 3.77. The molecule has 0 radical (unpaired) electrons. The lowest BCUT2D eigenvalue weighted by atomic mass is 10.2. The lowest BCUT2D eigenvalue weighted by molar-refractivity contribution is 0.190. The molecule has 0 aliphatic carbocycles. The Labute approximate surface area is 116 Å². The summed E-state index contributed by atoms with van der Waals surface area (Å²) in [5.41, 5.74) is 0.274. The molecule has 1 N–H and O–H groups in total. The van der Waals surface area contributed by atoms with E-state index in [1.165, 1.54) is 6.07 Å². The Bertz CT molecular complexity index is 557. The highest BCUT2D eigenvalue weighted by atomic mass is 19.1. The van der Waals surface area contributed by atoms with Gasteiger partial charge in [0.2, 0.25) is 5.95 Å². The molecule has 2 rings (SSSR count). The first-order chi connectivity index (χ1) is 9.70. The average Bonchev–Trinajstić information content (AvgIpc) is 2.88. The van der Waals surface area contributed by atoms with Gasteiger partial charge in [0.1, 0.15) is 11.6 Å². The van der Waals surface area contributed by atoms with E-state index in [0.717, 1.165) is 25.1 Å². The fourth-order valence-corrected chi connectivity index (χ4v) is 1.89. The Kier molecular flexibility index (Phi) is 5.06. The molecule has 1 heterocycles. The molecule has 6 heteroatoms. The van der Waals surface area contributed by atoms with E-state index in [2.05, 4.69) is 10.3 Å². The van der Waals surface area contributed by atoms with E-state index in [1.54, 1.807) is 13.3 Å². The summed E-state index contributed by atoms with van der Waals surface area (Å²) in [7, 11) is 1.65. The number of nitrogens with zero attached hydrogens (tertiary/aromatic N) is 2. The molecule has 0 saturated heterocycles. The molecule has 0 aliphatic rings. The first kappa shape index (κ1) is 14.5. The summed E-state index contributed by atoms with van der Waals surface area (Å²) >= 11 is 0. The van der Waals surface area contributed by atoms with Crippen LogP contribution in [-0.4, -0.2) is 23.3 Å². The van der Waals surface area contributed by atoms with Gasteiger partial charge >= 0.3 is 0 Å². The van der Waals surface area contributed by atoms with Gasteiger partial charge in [0.25, 0.3) is 0 Å². The van der Waals surface area contributed by atoms with Gasteiger partial charge < -0.3 is 14.6 Å². The molecule has 1 aromatic carbocycles. The fraction of sp³-hybridized carbons (Fsp3) is 0.357. The summed E-state index contributed by atoms with van der Waals surface area (Å²) in [6, 6.07) is 3.41. The van der Waals surface area contributed by atoms with Gasteiger partial charge in [-0.3, -0.25) is 0 Å². The molecule has 0 saturated carbocycles. The molecule has 0 spiro atoms. The highest BCUT2D eigenvalue weighted by molar-refractivity contribution is 5.29. The van der Waals surface area contributed by atoms with E-state index >= 15 is 0 Å². The predicted molar refractivity (Wildman–Crippen MR) is 72.4 cm³/mol. The standard InChI is InChI=1S/C14H17F2N3O/c1-20-8-2-6-19-7-5-17-14(19)18-10-11-9-12(15)3-4-13(11)16/h3-5,7,9H,2,6,8,10H2,1H3,(H,17,18). The molecule has 0 unspecified atom stereocenters. The number of aromatic nitrogens is 2. The SMILES string of the molecule is COCCCn1ccnc1NCc1cc(F)ccc1F. The van der Waals surface area contributed by atoms with Crippen molar-refractivity contribution in [1.29, 1.82) is 0 Å². The van der Waals surface area contributed by atoms with Crippen LogP contribution in [0.5, 0.6) is 0 Å². The van der Waals surface area contributed by atoms with Crippen LogP contribution in [0.4, 0.5) is 14.7 Å². The summed E-state index contributed by atoms with van der Waals surface area (Å²) < 4.78 is 33.5. The van der Waals surface area contributed by atoms with E-state index < -0.39 is 11.6 Å². The normalized spacial score (nSPS) is 10.8. The first-order valence-corrected chi connectivity index (χ1v) is 6.38. The Hall–Kier alpha value is -1.95. The number of imidazole rings is 1. The van der Waals surface area contributed by atoms with Crippen LogP contribution in [0.25, 0.3) is 0 Å². The number of anilines is 1. The molecule has 2 aromatic rings. The Balaban J connectivity index is 1.97. The Morgan fingerprint density at radius 1 is 1.35 bits per heavy atom. The van der Waals surface area contributed by atoms with Crippen molar-refractivity contribution in [2.75, 3.05) is 19.0 Å². The van der Waals surface area contributed by atoms with Crippen molar-refractivity contribution < 1.29 is 13.5 Å². The van der Waals surface area contributed by atoms with E-state index in [9.17, 15) is 8.78 Å². The molecule has 1 aromatic heterocycles. The number of methoxy groups -OCH3 is 1. The quantitative estimate of drug-likeness (QED) is 0.793. The second-order valence-corrected chi connectivity index (χ2v) is 4.38. The number of nitrogens with one attached hydrogen (secondary N) is 1. The lowest BCUT2D eigenvalue weighted by Gasteiger charge is -2.10. The molecule has 0 bridgehead atoms. The van der Waals surface area contributed by atoms with Gasteiger partial charge in [0, 0.05) is 44.8 Å². The zero-order valence-corrected chi connectivity index (χ0v) is 11.3. The smallest absolute Gasteiger partial charge is 0.203 e. The van der Waals surface area contributed by atoms with Crippen molar-refractivity contribution in [3.8, 4) is 0 Å². The molecule has 108 valence electrons. The number of rotatable bonds is 7. The van der Waals surface area contributed by atoms with Crippen LogP contribution < -0.4 is 5.32 Å². The van der Waals surface area contributed by atoms with Crippen LogP contribution in [0.3, 0.4) is 0 Å². The minimum Gasteiger partial charge on any atom is -0.385 e. The van der Waals surface area contributed by atoms with E-state index in [-0.39, 0.29) is 12.1 Å². The monoisotopic (exact) mass is 281 g/mol. The van der Waals surface area contributed by atoms with Gasteiger partial charge in [-0.2, -0.15) is 0 Å². The van der Waals surface area contributed by atoms with Crippen molar-refractivity contribution in [1.82, 2.24) is 9.55 Å². The van der Waals surface area contributed by atoms with E-state index in [4.69, 9.17) is 4.74 Å². The molecule has 20 heavy (non-hydrogen) atoms. The van der Waals surface area contributed by atoms with Crippen LogP contribution in [0.2, 0.25) is 0 Å². The average molecular weight is 281 g/mol. The Morgan fingerprint density at radius 2 is 2.20 bits per heavy atom. The summed E-state index contributed by atoms with van der Waals surface area (Å²) in [6.45, 7) is 1.60. The molecule has 0 amide bonds. The minimum absolute atomic E-state index is 0.185. The van der Waals surface area contributed by atoms with Gasteiger partial charge in [0.05, 0.1) is 0 Å². The van der Waals surface area contributed by atoms with E-state index in [0.29, 0.717) is 12.6 Å². The van der Waals surface area contributed by atoms with Gasteiger partial charge in [-0.1, -0.05) is 0 Å². The van der Waals surface area contributed by atoms with Crippen LogP contribution in [0.15, 0.2) is 30.6 Å². The second kappa shape index (κ2) is 7.00. The molecule has 0 fully saturated rings. The van der Waals surface area contributed by atoms with E-state index in [1.807, 2.05) is 10.8 Å². The van der Waals surface area contributed by atoms with Crippen molar-refractivity contribution in [3.05, 3.63) is 47.8 Å². The minimum atomic E-state index is -0.452. The molecule has 4 nitrogen and oxygen atoms in total. The van der Waals surface area contributed by atoms with Crippen molar-refractivity contribution in [3.63, 3.8) is 0 Å². The number of ether oxygens (including phenoxy) is 1. The van der Waals surface area contributed by atoms with Crippen molar-refractivity contribution in [2.45, 2.75) is 19.5 Å². The van der Waals surface area contributed by atoms with Gasteiger partial charge in [-0.25, -0.2) is 13.8 Å². The maximum Gasteiger partial charge on any atom is 0.203 e. The largest absolute Gasteiger partial charge is 0.385 e. The highest BCUT2D eigenvalue weighted by Crippen LogP contribution is 2.12. The maximum atomic E-state index is 13.5. The van der Waals surface area contributed by atoms with Gasteiger partial charge in [-0.05, 0) is 24.6 Å². The Morgan fingerprint density at radius 3 is 3.00 bits per heavy atom. The zero-order chi connectivity index (χ0) is 14.4. The maximum absolute atomic E-state index is 13.5. The van der Waals surface area contributed by atoms with Crippen molar-refractivity contribution >= 4 is 5.95 Å². The third-order valence-electron chi connectivity index (χ3n) is 2.91. The van der Waals surface area contributed by atoms with Crippen LogP contribution in [-0.2, 0) is 17.8 Å². The van der Waals surface area contributed by atoms with Gasteiger partial charge in [-0.15, -0.1) is 0 Å². The summed E-state index contributed by atoms with van der Waals surface area (Å²) in [4.78, 5) is 4.16. The molecule has 0 atom stereocenters. The number of aryl methyl sites for hydroxylation is 1. The zero-order valence-electron chi connectivity index (χ0n) is 11.3. The first-order valence-electron chi connectivity index (χ1n) is 6.38. The molecule has 0 aliphatic heterocycles. The fourth-order valence-electron chi connectivity index (χ4n) is 1.89. The van der Waals surface area contributed by atoms with Crippen LogP contribution in [0.1, 0.15) is 12.0 Å². The van der Waals surface area contributed by atoms with Crippen molar-refractivity contribution in [2.24, 2.45) is 0 Å². The predicted octanol–water partition coefficient (Wildman–Crippen LogP) is 2.81. The molecular formula is C14H17F2N3O.